The summed E-state index contributed by atoms with van der Waals surface area (Å²) in [7, 11) is 0. The predicted octanol–water partition coefficient (Wildman–Crippen LogP) is 4.01. The summed E-state index contributed by atoms with van der Waals surface area (Å²) in [6, 6.07) is 16.9. The Balaban J connectivity index is 1.83. The van der Waals surface area contributed by atoms with Gasteiger partial charge in [-0.1, -0.05) is 32.0 Å². The maximum Gasteiger partial charge on any atom is 0.234 e. The maximum absolute atomic E-state index is 11.9. The number of benzene rings is 2. The van der Waals surface area contributed by atoms with E-state index in [1.54, 1.807) is 24.3 Å². The van der Waals surface area contributed by atoms with Gasteiger partial charge >= 0.3 is 0 Å². The van der Waals surface area contributed by atoms with Gasteiger partial charge in [-0.15, -0.1) is 11.8 Å². The van der Waals surface area contributed by atoms with Crippen molar-refractivity contribution in [1.82, 2.24) is 0 Å². The van der Waals surface area contributed by atoms with Gasteiger partial charge in [0.25, 0.3) is 0 Å². The van der Waals surface area contributed by atoms with Crippen LogP contribution >= 0.6 is 11.8 Å². The second-order valence-corrected chi connectivity index (χ2v) is 6.42. The number of anilines is 2. The molecule has 0 aliphatic carbocycles. The summed E-state index contributed by atoms with van der Waals surface area (Å²) in [5, 5.41) is 5.66. The third-order valence-electron chi connectivity index (χ3n) is 3.07. The molecule has 0 heterocycles. The van der Waals surface area contributed by atoms with Gasteiger partial charge in [0.2, 0.25) is 11.8 Å². The molecular weight excluding hydrogens is 308 g/mol. The molecule has 0 atom stereocenters. The third kappa shape index (κ3) is 5.79. The normalized spacial score (nSPS) is 10.4. The Morgan fingerprint density at radius 2 is 1.48 bits per heavy atom. The van der Waals surface area contributed by atoms with Gasteiger partial charge in [-0.2, -0.15) is 0 Å². The van der Waals surface area contributed by atoms with Crippen LogP contribution in [-0.4, -0.2) is 17.6 Å². The highest BCUT2D eigenvalue weighted by molar-refractivity contribution is 8.00. The zero-order valence-corrected chi connectivity index (χ0v) is 14.0. The molecule has 0 bridgehead atoms. The van der Waals surface area contributed by atoms with Crippen LogP contribution in [-0.2, 0) is 9.59 Å². The van der Waals surface area contributed by atoms with Crippen molar-refractivity contribution in [3.8, 4) is 0 Å². The van der Waals surface area contributed by atoms with E-state index in [9.17, 15) is 9.59 Å². The van der Waals surface area contributed by atoms with E-state index in [1.165, 1.54) is 11.8 Å². The van der Waals surface area contributed by atoms with Gasteiger partial charge < -0.3 is 10.6 Å². The Labute approximate surface area is 140 Å². The molecule has 23 heavy (non-hydrogen) atoms. The van der Waals surface area contributed by atoms with Crippen molar-refractivity contribution in [3.63, 3.8) is 0 Å². The van der Waals surface area contributed by atoms with Crippen LogP contribution in [0.15, 0.2) is 59.5 Å². The molecule has 0 aliphatic rings. The number of carbonyl (C=O) groups excluding carboxylic acids is 2. The number of amides is 2. The molecule has 0 fully saturated rings. The van der Waals surface area contributed by atoms with E-state index in [2.05, 4.69) is 10.6 Å². The summed E-state index contributed by atoms with van der Waals surface area (Å²) in [6.07, 6.45) is 0. The van der Waals surface area contributed by atoms with Gasteiger partial charge in [0.05, 0.1) is 5.75 Å². The minimum Gasteiger partial charge on any atom is -0.326 e. The Kier molecular flexibility index (Phi) is 6.23. The smallest absolute Gasteiger partial charge is 0.234 e. The van der Waals surface area contributed by atoms with Crippen molar-refractivity contribution in [3.05, 3.63) is 54.6 Å². The molecule has 2 amide bonds. The predicted molar refractivity (Wildman–Crippen MR) is 95.7 cm³/mol. The molecule has 5 heteroatoms. The van der Waals surface area contributed by atoms with Crippen LogP contribution in [0.3, 0.4) is 0 Å². The number of rotatable bonds is 6. The minimum absolute atomic E-state index is 0.0268. The fraction of sp³-hybridized carbons (Fsp3) is 0.222. The van der Waals surface area contributed by atoms with E-state index in [0.29, 0.717) is 11.4 Å². The van der Waals surface area contributed by atoms with Crippen molar-refractivity contribution in [2.45, 2.75) is 18.7 Å². The highest BCUT2D eigenvalue weighted by Crippen LogP contribution is 2.18. The lowest BCUT2D eigenvalue weighted by Crippen LogP contribution is -2.18. The molecule has 120 valence electrons. The maximum atomic E-state index is 11.9. The van der Waals surface area contributed by atoms with Gasteiger partial charge in [-0.3, -0.25) is 9.59 Å². The first-order chi connectivity index (χ1) is 11.0. The largest absolute Gasteiger partial charge is 0.326 e. The first-order valence-electron chi connectivity index (χ1n) is 7.43. The summed E-state index contributed by atoms with van der Waals surface area (Å²) in [5.41, 5.74) is 1.44. The fourth-order valence-corrected chi connectivity index (χ4v) is 2.51. The van der Waals surface area contributed by atoms with E-state index >= 15 is 0 Å². The fourth-order valence-electron chi connectivity index (χ4n) is 1.79. The first kappa shape index (κ1) is 17.1. The molecule has 2 rings (SSSR count). The molecule has 2 aromatic rings. The van der Waals surface area contributed by atoms with Crippen molar-refractivity contribution >= 4 is 35.0 Å². The summed E-state index contributed by atoms with van der Waals surface area (Å²) in [5.74, 6) is 0.207. The van der Waals surface area contributed by atoms with Gasteiger partial charge in [-0.05, 0) is 36.4 Å². The van der Waals surface area contributed by atoms with E-state index in [4.69, 9.17) is 0 Å². The number of carbonyl (C=O) groups is 2. The summed E-state index contributed by atoms with van der Waals surface area (Å²) < 4.78 is 0. The lowest BCUT2D eigenvalue weighted by Gasteiger charge is -2.09. The van der Waals surface area contributed by atoms with Crippen LogP contribution in [0.25, 0.3) is 0 Å². The second kappa shape index (κ2) is 8.39. The third-order valence-corrected chi connectivity index (χ3v) is 4.09. The van der Waals surface area contributed by atoms with Crippen LogP contribution in [0.2, 0.25) is 0 Å². The highest BCUT2D eigenvalue weighted by atomic mass is 32.2. The van der Waals surface area contributed by atoms with Crippen molar-refractivity contribution < 1.29 is 9.59 Å². The van der Waals surface area contributed by atoms with Gasteiger partial charge in [-0.25, -0.2) is 0 Å². The average Bonchev–Trinajstić information content (AvgIpc) is 2.55. The van der Waals surface area contributed by atoms with E-state index in [-0.39, 0.29) is 17.7 Å². The molecule has 0 saturated carbocycles. The van der Waals surface area contributed by atoms with Crippen molar-refractivity contribution in [1.29, 1.82) is 0 Å². The van der Waals surface area contributed by atoms with E-state index in [1.807, 2.05) is 44.2 Å². The van der Waals surface area contributed by atoms with E-state index < -0.39 is 0 Å². The lowest BCUT2D eigenvalue weighted by molar-refractivity contribution is -0.119. The summed E-state index contributed by atoms with van der Waals surface area (Å²) in [4.78, 5) is 24.6. The standard InChI is InChI=1S/C18H20N2O2S/c1-13(2)18(22)20-15-10-8-14(9-11-15)19-17(21)12-23-16-6-4-3-5-7-16/h3-11,13H,12H2,1-2H3,(H,19,21)(H,20,22). The number of hydrogen-bond donors (Lipinski definition) is 2. The molecule has 2 N–H and O–H groups in total. The number of hydrogen-bond acceptors (Lipinski definition) is 3. The number of thioether (sulfide) groups is 1. The SMILES string of the molecule is CC(C)C(=O)Nc1ccc(NC(=O)CSc2ccccc2)cc1. The topological polar surface area (TPSA) is 58.2 Å². The van der Waals surface area contributed by atoms with Crippen LogP contribution < -0.4 is 10.6 Å². The summed E-state index contributed by atoms with van der Waals surface area (Å²) >= 11 is 1.49. The van der Waals surface area contributed by atoms with Crippen LogP contribution in [0.5, 0.6) is 0 Å². The van der Waals surface area contributed by atoms with Crippen molar-refractivity contribution in [2.24, 2.45) is 5.92 Å². The zero-order valence-electron chi connectivity index (χ0n) is 13.2. The van der Waals surface area contributed by atoms with Crippen LogP contribution in [0.1, 0.15) is 13.8 Å². The molecule has 2 aromatic carbocycles. The Morgan fingerprint density at radius 1 is 0.913 bits per heavy atom. The zero-order chi connectivity index (χ0) is 16.7. The monoisotopic (exact) mass is 328 g/mol. The molecule has 0 saturated heterocycles. The lowest BCUT2D eigenvalue weighted by atomic mass is 10.2. The molecule has 0 radical (unpaired) electrons. The first-order valence-corrected chi connectivity index (χ1v) is 8.42. The van der Waals surface area contributed by atoms with Gasteiger partial charge in [0, 0.05) is 22.2 Å². The molecule has 0 aliphatic heterocycles. The highest BCUT2D eigenvalue weighted by Gasteiger charge is 2.07. The molecule has 0 unspecified atom stereocenters. The Morgan fingerprint density at radius 3 is 2.04 bits per heavy atom. The average molecular weight is 328 g/mol. The Bertz CT molecular complexity index is 654. The van der Waals surface area contributed by atoms with Crippen LogP contribution in [0, 0.1) is 5.92 Å². The molecule has 0 spiro atoms. The molecule has 4 nitrogen and oxygen atoms in total. The molecular formula is C18H20N2O2S. The van der Waals surface area contributed by atoms with Crippen LogP contribution in [0.4, 0.5) is 11.4 Å². The van der Waals surface area contributed by atoms with Gasteiger partial charge in [0.15, 0.2) is 0 Å². The quantitative estimate of drug-likeness (QED) is 0.788. The number of nitrogens with one attached hydrogen (secondary N) is 2. The van der Waals surface area contributed by atoms with Gasteiger partial charge in [0.1, 0.15) is 0 Å². The Hall–Kier alpha value is -2.27. The molecule has 0 aromatic heterocycles. The summed E-state index contributed by atoms with van der Waals surface area (Å²) in [6.45, 7) is 3.68. The van der Waals surface area contributed by atoms with Crippen molar-refractivity contribution in [2.75, 3.05) is 16.4 Å². The second-order valence-electron chi connectivity index (χ2n) is 5.37. The minimum atomic E-state index is -0.0654. The van der Waals surface area contributed by atoms with E-state index in [0.717, 1.165) is 10.6 Å².